The van der Waals surface area contributed by atoms with Gasteiger partial charge < -0.3 is 14.2 Å². The zero-order chi connectivity index (χ0) is 11.4. The summed E-state index contributed by atoms with van der Waals surface area (Å²) < 4.78 is 16.4. The lowest BCUT2D eigenvalue weighted by Gasteiger charge is -2.21. The number of ether oxygens (including phenoxy) is 3. The van der Waals surface area contributed by atoms with Gasteiger partial charge in [-0.1, -0.05) is 13.3 Å². The maximum Gasteiger partial charge on any atom is 0.337 e. The van der Waals surface area contributed by atoms with Crippen molar-refractivity contribution in [3.8, 4) is 0 Å². The maximum atomic E-state index is 11.6. The van der Waals surface area contributed by atoms with E-state index in [9.17, 15) is 4.79 Å². The molecule has 92 valence electrons. The van der Waals surface area contributed by atoms with E-state index in [4.69, 9.17) is 14.2 Å². The quantitative estimate of drug-likeness (QED) is 0.545. The number of rotatable bonds is 4. The molecule has 2 rings (SSSR count). The minimum Gasteiger partial charge on any atom is -0.464 e. The molecule has 0 bridgehead atoms. The van der Waals surface area contributed by atoms with Crippen LogP contribution in [0.4, 0.5) is 0 Å². The van der Waals surface area contributed by atoms with Crippen molar-refractivity contribution >= 4 is 5.97 Å². The van der Waals surface area contributed by atoms with Gasteiger partial charge in [0, 0.05) is 12.8 Å². The van der Waals surface area contributed by atoms with Crippen LogP contribution < -0.4 is 0 Å². The topological polar surface area (TPSA) is 44.8 Å². The Kier molecular flexibility index (Phi) is 3.82. The van der Waals surface area contributed by atoms with Gasteiger partial charge in [-0.3, -0.25) is 0 Å². The van der Waals surface area contributed by atoms with E-state index in [0.717, 1.165) is 38.5 Å². The second kappa shape index (κ2) is 5.15. The highest BCUT2D eigenvalue weighted by atomic mass is 16.8. The summed E-state index contributed by atoms with van der Waals surface area (Å²) in [5.74, 6) is -0.730. The molecule has 1 spiro atoms. The molecule has 0 unspecified atom stereocenters. The fourth-order valence-electron chi connectivity index (χ4n) is 2.26. The number of hydrogen-bond acceptors (Lipinski definition) is 4. The summed E-state index contributed by atoms with van der Waals surface area (Å²) in [5.41, 5.74) is 0. The Labute approximate surface area is 96.2 Å². The third-order valence-electron chi connectivity index (χ3n) is 3.23. The Morgan fingerprint density at radius 2 is 2.19 bits per heavy atom. The van der Waals surface area contributed by atoms with Crippen molar-refractivity contribution in [3.05, 3.63) is 0 Å². The predicted molar refractivity (Wildman–Crippen MR) is 57.9 cm³/mol. The molecule has 0 radical (unpaired) electrons. The molecule has 1 heterocycles. The van der Waals surface area contributed by atoms with Crippen LogP contribution in [0.15, 0.2) is 0 Å². The molecule has 4 nitrogen and oxygen atoms in total. The summed E-state index contributed by atoms with van der Waals surface area (Å²) in [6.07, 6.45) is 5.49. The molecule has 1 saturated carbocycles. The molecule has 0 aromatic carbocycles. The van der Waals surface area contributed by atoms with E-state index in [1.165, 1.54) is 0 Å². The van der Waals surface area contributed by atoms with Gasteiger partial charge in [0.15, 0.2) is 11.9 Å². The monoisotopic (exact) mass is 228 g/mol. The Hall–Kier alpha value is -0.610. The Bertz CT molecular complexity index is 245. The van der Waals surface area contributed by atoms with Crippen LogP contribution in [-0.2, 0) is 19.0 Å². The number of carbonyl (C=O) groups is 1. The molecular weight excluding hydrogens is 208 g/mol. The zero-order valence-electron chi connectivity index (χ0n) is 9.87. The van der Waals surface area contributed by atoms with E-state index >= 15 is 0 Å². The largest absolute Gasteiger partial charge is 0.464 e. The molecule has 4 heteroatoms. The van der Waals surface area contributed by atoms with E-state index in [2.05, 4.69) is 6.92 Å². The van der Waals surface area contributed by atoms with Gasteiger partial charge in [-0.25, -0.2) is 4.79 Å². The third kappa shape index (κ3) is 2.55. The average molecular weight is 228 g/mol. The van der Waals surface area contributed by atoms with Gasteiger partial charge in [-0.2, -0.15) is 0 Å². The summed E-state index contributed by atoms with van der Waals surface area (Å²) in [7, 11) is 0. The first-order valence-electron chi connectivity index (χ1n) is 6.24. The molecule has 0 aromatic rings. The van der Waals surface area contributed by atoms with Crippen LogP contribution >= 0.6 is 0 Å². The van der Waals surface area contributed by atoms with Crippen molar-refractivity contribution in [2.75, 3.05) is 13.2 Å². The predicted octanol–water partition coefficient (Wildman–Crippen LogP) is 2.02. The van der Waals surface area contributed by atoms with Gasteiger partial charge in [-0.15, -0.1) is 0 Å². The van der Waals surface area contributed by atoms with Crippen LogP contribution in [0.2, 0.25) is 0 Å². The van der Waals surface area contributed by atoms with E-state index in [-0.39, 0.29) is 5.97 Å². The van der Waals surface area contributed by atoms with Crippen LogP contribution in [0.25, 0.3) is 0 Å². The Morgan fingerprint density at radius 1 is 1.44 bits per heavy atom. The Morgan fingerprint density at radius 3 is 2.88 bits per heavy atom. The lowest BCUT2D eigenvalue weighted by molar-refractivity contribution is -0.179. The molecule has 1 atom stereocenters. The minimum atomic E-state index is -0.505. The smallest absolute Gasteiger partial charge is 0.337 e. The molecule has 1 saturated heterocycles. The van der Waals surface area contributed by atoms with Gasteiger partial charge in [0.1, 0.15) is 0 Å². The van der Waals surface area contributed by atoms with E-state index in [1.807, 2.05) is 0 Å². The van der Waals surface area contributed by atoms with Crippen molar-refractivity contribution in [2.24, 2.45) is 0 Å². The number of hydrogen-bond donors (Lipinski definition) is 0. The highest BCUT2D eigenvalue weighted by molar-refractivity contribution is 5.75. The zero-order valence-corrected chi connectivity index (χ0v) is 9.87. The summed E-state index contributed by atoms with van der Waals surface area (Å²) in [6, 6.07) is 0. The van der Waals surface area contributed by atoms with E-state index < -0.39 is 11.9 Å². The van der Waals surface area contributed by atoms with Gasteiger partial charge in [0.2, 0.25) is 0 Å². The molecule has 0 aromatic heterocycles. The van der Waals surface area contributed by atoms with Gasteiger partial charge >= 0.3 is 5.97 Å². The molecule has 0 amide bonds. The van der Waals surface area contributed by atoms with E-state index in [0.29, 0.717) is 13.2 Å². The third-order valence-corrected chi connectivity index (χ3v) is 3.23. The van der Waals surface area contributed by atoms with Crippen LogP contribution in [0.5, 0.6) is 0 Å². The number of carbonyl (C=O) groups excluding carboxylic acids is 1. The maximum absolute atomic E-state index is 11.6. The molecule has 2 aliphatic rings. The molecule has 2 fully saturated rings. The molecule has 0 N–H and O–H groups in total. The van der Waals surface area contributed by atoms with Crippen molar-refractivity contribution in [2.45, 2.75) is 57.3 Å². The highest BCUT2D eigenvalue weighted by Gasteiger charge is 2.46. The first kappa shape index (κ1) is 11.9. The lowest BCUT2D eigenvalue weighted by atomic mass is 10.2. The summed E-state index contributed by atoms with van der Waals surface area (Å²) in [6.45, 7) is 2.91. The van der Waals surface area contributed by atoms with Crippen LogP contribution in [-0.4, -0.2) is 31.1 Å². The normalized spacial score (nSPS) is 27.4. The fourth-order valence-corrected chi connectivity index (χ4v) is 2.26. The van der Waals surface area contributed by atoms with Gasteiger partial charge in [0.05, 0.1) is 13.2 Å². The van der Waals surface area contributed by atoms with Crippen molar-refractivity contribution in [1.29, 1.82) is 0 Å². The number of esters is 1. The van der Waals surface area contributed by atoms with Crippen LogP contribution in [0.3, 0.4) is 0 Å². The fraction of sp³-hybridized carbons (Fsp3) is 0.917. The Balaban J connectivity index is 1.77. The lowest BCUT2D eigenvalue weighted by Crippen LogP contribution is -2.30. The van der Waals surface area contributed by atoms with Gasteiger partial charge in [-0.05, 0) is 19.3 Å². The second-order valence-electron chi connectivity index (χ2n) is 4.56. The van der Waals surface area contributed by atoms with Crippen molar-refractivity contribution < 1.29 is 19.0 Å². The average Bonchev–Trinajstić information content (AvgIpc) is 2.90. The first-order valence-corrected chi connectivity index (χ1v) is 6.24. The van der Waals surface area contributed by atoms with E-state index in [1.54, 1.807) is 0 Å². The summed E-state index contributed by atoms with van der Waals surface area (Å²) in [5, 5.41) is 0. The molecule has 1 aliphatic carbocycles. The van der Waals surface area contributed by atoms with Crippen LogP contribution in [0, 0.1) is 0 Å². The minimum absolute atomic E-state index is 0.266. The first-order chi connectivity index (χ1) is 7.76. The SMILES string of the molecule is CCCCOC(=O)[C@H]1COC2(CCCC2)O1. The molecule has 1 aliphatic heterocycles. The molecular formula is C12H20O4. The molecule has 16 heavy (non-hydrogen) atoms. The van der Waals surface area contributed by atoms with Gasteiger partial charge in [0.25, 0.3) is 0 Å². The number of unbranched alkanes of at least 4 members (excludes halogenated alkanes) is 1. The second-order valence-corrected chi connectivity index (χ2v) is 4.56. The van der Waals surface area contributed by atoms with Crippen molar-refractivity contribution in [1.82, 2.24) is 0 Å². The standard InChI is InChI=1S/C12H20O4/c1-2-3-8-14-11(13)10-9-15-12(16-10)6-4-5-7-12/h10H,2-9H2,1H3/t10-/m1/s1. The summed E-state index contributed by atoms with van der Waals surface area (Å²) >= 11 is 0. The van der Waals surface area contributed by atoms with Crippen molar-refractivity contribution in [3.63, 3.8) is 0 Å². The highest BCUT2D eigenvalue weighted by Crippen LogP contribution is 2.39. The van der Waals surface area contributed by atoms with Crippen LogP contribution in [0.1, 0.15) is 45.4 Å². The summed E-state index contributed by atoms with van der Waals surface area (Å²) in [4.78, 5) is 11.6.